The predicted octanol–water partition coefficient (Wildman–Crippen LogP) is 4.26. The van der Waals surface area contributed by atoms with Crippen LogP contribution in [0.2, 0.25) is 0 Å². The summed E-state index contributed by atoms with van der Waals surface area (Å²) in [6, 6.07) is 11.1. The van der Waals surface area contributed by atoms with Crippen LogP contribution in [0, 0.1) is 11.6 Å². The fourth-order valence-electron chi connectivity index (χ4n) is 2.28. The summed E-state index contributed by atoms with van der Waals surface area (Å²) in [5.74, 6) is -1.97. The maximum absolute atomic E-state index is 13.4. The number of nitrogen functional groups attached to an aromatic ring is 1. The molecule has 0 saturated heterocycles. The number of aromatic nitrogens is 1. The van der Waals surface area contributed by atoms with Crippen molar-refractivity contribution in [2.24, 2.45) is 0 Å². The number of rotatable bonds is 5. The van der Waals surface area contributed by atoms with E-state index in [2.05, 4.69) is 10.3 Å². The maximum atomic E-state index is 13.4. The minimum Gasteiger partial charge on any atom is -0.465 e. The van der Waals surface area contributed by atoms with Crippen LogP contribution in [-0.4, -0.2) is 18.1 Å². The van der Waals surface area contributed by atoms with E-state index < -0.39 is 17.6 Å². The van der Waals surface area contributed by atoms with E-state index in [4.69, 9.17) is 15.2 Å². The molecule has 3 N–H and O–H groups in total. The lowest BCUT2D eigenvalue weighted by atomic mass is 10.1. The Morgan fingerprint density at radius 1 is 1.07 bits per heavy atom. The zero-order valence-electron chi connectivity index (χ0n) is 14.2. The van der Waals surface area contributed by atoms with Crippen LogP contribution in [0.25, 0.3) is 0 Å². The Kier molecular flexibility index (Phi) is 5.16. The van der Waals surface area contributed by atoms with Crippen molar-refractivity contribution in [3.63, 3.8) is 0 Å². The van der Waals surface area contributed by atoms with Crippen LogP contribution in [0.3, 0.4) is 0 Å². The molecule has 0 saturated carbocycles. The highest BCUT2D eigenvalue weighted by atomic mass is 19.2. The van der Waals surface area contributed by atoms with Crippen molar-refractivity contribution in [1.29, 1.82) is 0 Å². The molecule has 0 aliphatic carbocycles. The third-order valence-corrected chi connectivity index (χ3v) is 3.58. The van der Waals surface area contributed by atoms with E-state index in [1.165, 1.54) is 25.4 Å². The fraction of sp³-hybridized carbons (Fsp3) is 0.0526. The quantitative estimate of drug-likeness (QED) is 0.652. The summed E-state index contributed by atoms with van der Waals surface area (Å²) in [4.78, 5) is 16.1. The number of anilines is 3. The Morgan fingerprint density at radius 2 is 1.89 bits per heavy atom. The monoisotopic (exact) mass is 371 g/mol. The van der Waals surface area contributed by atoms with E-state index in [0.717, 1.165) is 12.1 Å². The molecule has 138 valence electrons. The third-order valence-electron chi connectivity index (χ3n) is 3.58. The summed E-state index contributed by atoms with van der Waals surface area (Å²) < 4.78 is 36.9. The van der Waals surface area contributed by atoms with Crippen molar-refractivity contribution in [2.45, 2.75) is 0 Å². The lowest BCUT2D eigenvalue weighted by molar-refractivity contribution is 0.0601. The van der Waals surface area contributed by atoms with Gasteiger partial charge in [0.1, 0.15) is 5.75 Å². The SMILES string of the molecule is COC(=O)c1cc(Oc2ccc(N)cn2)ccc1Nc1ccc(F)c(F)c1. The van der Waals surface area contributed by atoms with Crippen LogP contribution in [0.5, 0.6) is 11.6 Å². The number of pyridine rings is 1. The van der Waals surface area contributed by atoms with Gasteiger partial charge in [0, 0.05) is 17.8 Å². The van der Waals surface area contributed by atoms with E-state index in [9.17, 15) is 13.6 Å². The summed E-state index contributed by atoms with van der Waals surface area (Å²) >= 11 is 0. The second-order valence-electron chi connectivity index (χ2n) is 5.48. The molecular weight excluding hydrogens is 356 g/mol. The summed E-state index contributed by atoms with van der Waals surface area (Å²) in [7, 11) is 1.23. The molecule has 0 radical (unpaired) electrons. The molecule has 1 aromatic heterocycles. The number of ether oxygens (including phenoxy) is 2. The number of carbonyl (C=O) groups is 1. The van der Waals surface area contributed by atoms with Gasteiger partial charge in [0.25, 0.3) is 0 Å². The topological polar surface area (TPSA) is 86.5 Å². The Balaban J connectivity index is 1.90. The molecule has 27 heavy (non-hydrogen) atoms. The molecule has 0 aliphatic heterocycles. The normalized spacial score (nSPS) is 10.3. The number of halogens is 2. The van der Waals surface area contributed by atoms with Crippen LogP contribution in [0.4, 0.5) is 25.8 Å². The molecule has 6 nitrogen and oxygen atoms in total. The molecule has 0 fully saturated rings. The number of hydrogen-bond donors (Lipinski definition) is 2. The van der Waals surface area contributed by atoms with Gasteiger partial charge < -0.3 is 20.5 Å². The second-order valence-corrected chi connectivity index (χ2v) is 5.48. The average molecular weight is 371 g/mol. The maximum Gasteiger partial charge on any atom is 0.340 e. The van der Waals surface area contributed by atoms with Gasteiger partial charge in [-0.15, -0.1) is 0 Å². The molecule has 0 unspecified atom stereocenters. The van der Waals surface area contributed by atoms with Gasteiger partial charge in [-0.1, -0.05) is 0 Å². The van der Waals surface area contributed by atoms with Crippen molar-refractivity contribution in [3.05, 3.63) is 71.9 Å². The molecule has 2 aromatic carbocycles. The number of benzene rings is 2. The first-order chi connectivity index (χ1) is 13.0. The largest absolute Gasteiger partial charge is 0.465 e. The smallest absolute Gasteiger partial charge is 0.340 e. The average Bonchev–Trinajstić information content (AvgIpc) is 2.67. The Labute approximate surface area is 153 Å². The number of carbonyl (C=O) groups excluding carboxylic acids is 1. The number of nitrogens with one attached hydrogen (secondary N) is 1. The van der Waals surface area contributed by atoms with Crippen molar-refractivity contribution < 1.29 is 23.0 Å². The minimum absolute atomic E-state index is 0.148. The van der Waals surface area contributed by atoms with Gasteiger partial charge in [-0.25, -0.2) is 18.6 Å². The molecular formula is C19H15F2N3O3. The zero-order valence-corrected chi connectivity index (χ0v) is 14.2. The van der Waals surface area contributed by atoms with Gasteiger partial charge in [0.05, 0.1) is 30.2 Å². The van der Waals surface area contributed by atoms with Crippen LogP contribution in [0.15, 0.2) is 54.7 Å². The molecule has 0 aliphatic rings. The van der Waals surface area contributed by atoms with Gasteiger partial charge in [-0.2, -0.15) is 0 Å². The van der Waals surface area contributed by atoms with Gasteiger partial charge in [-0.05, 0) is 36.4 Å². The zero-order chi connectivity index (χ0) is 19.4. The van der Waals surface area contributed by atoms with Crippen molar-refractivity contribution in [3.8, 4) is 11.6 Å². The molecule has 0 bridgehead atoms. The van der Waals surface area contributed by atoms with E-state index in [0.29, 0.717) is 23.0 Å². The fourth-order valence-corrected chi connectivity index (χ4v) is 2.28. The molecule has 3 rings (SSSR count). The summed E-state index contributed by atoms with van der Waals surface area (Å²) in [6.07, 6.45) is 1.44. The van der Waals surface area contributed by atoms with Crippen molar-refractivity contribution >= 4 is 23.0 Å². The van der Waals surface area contributed by atoms with E-state index in [1.54, 1.807) is 24.3 Å². The third kappa shape index (κ3) is 4.30. The number of nitrogens with zero attached hydrogens (tertiary/aromatic N) is 1. The highest BCUT2D eigenvalue weighted by Gasteiger charge is 2.15. The van der Waals surface area contributed by atoms with Crippen LogP contribution >= 0.6 is 0 Å². The number of esters is 1. The molecule has 3 aromatic rings. The summed E-state index contributed by atoms with van der Waals surface area (Å²) in [6.45, 7) is 0. The lowest BCUT2D eigenvalue weighted by Gasteiger charge is -2.13. The molecule has 0 spiro atoms. The summed E-state index contributed by atoms with van der Waals surface area (Å²) in [5, 5.41) is 2.86. The molecule has 1 heterocycles. The van der Waals surface area contributed by atoms with Gasteiger partial charge in [0.15, 0.2) is 11.6 Å². The van der Waals surface area contributed by atoms with Gasteiger partial charge in [-0.3, -0.25) is 0 Å². The Bertz CT molecular complexity index is 978. The van der Waals surface area contributed by atoms with E-state index in [-0.39, 0.29) is 11.3 Å². The molecule has 8 heteroatoms. The van der Waals surface area contributed by atoms with Crippen LogP contribution < -0.4 is 15.8 Å². The summed E-state index contributed by atoms with van der Waals surface area (Å²) in [5.41, 5.74) is 6.82. The number of methoxy groups -OCH3 is 1. The molecule has 0 amide bonds. The van der Waals surface area contributed by atoms with Crippen molar-refractivity contribution in [1.82, 2.24) is 4.98 Å². The van der Waals surface area contributed by atoms with Crippen LogP contribution in [0.1, 0.15) is 10.4 Å². The van der Waals surface area contributed by atoms with Gasteiger partial charge >= 0.3 is 5.97 Å². The van der Waals surface area contributed by atoms with E-state index >= 15 is 0 Å². The first kappa shape index (κ1) is 18.1. The number of nitrogens with two attached hydrogens (primary N) is 1. The Morgan fingerprint density at radius 3 is 2.56 bits per heavy atom. The molecule has 0 atom stereocenters. The second kappa shape index (κ2) is 7.69. The van der Waals surface area contributed by atoms with Crippen molar-refractivity contribution in [2.75, 3.05) is 18.2 Å². The van der Waals surface area contributed by atoms with Crippen LogP contribution in [-0.2, 0) is 4.74 Å². The number of hydrogen-bond acceptors (Lipinski definition) is 6. The van der Waals surface area contributed by atoms with E-state index in [1.807, 2.05) is 0 Å². The van der Waals surface area contributed by atoms with Gasteiger partial charge in [0.2, 0.25) is 5.88 Å². The standard InChI is InChI=1S/C19H15F2N3O3/c1-26-19(25)14-9-13(27-18-7-2-11(22)10-23-18)4-6-17(14)24-12-3-5-15(20)16(21)8-12/h2-10,24H,22H2,1H3. The first-order valence-corrected chi connectivity index (χ1v) is 7.80. The Hall–Kier alpha value is -3.68. The predicted molar refractivity (Wildman–Crippen MR) is 96.1 cm³/mol. The highest BCUT2D eigenvalue weighted by molar-refractivity contribution is 5.97. The first-order valence-electron chi connectivity index (χ1n) is 7.80. The highest BCUT2D eigenvalue weighted by Crippen LogP contribution is 2.29. The lowest BCUT2D eigenvalue weighted by Crippen LogP contribution is -2.06. The minimum atomic E-state index is -1.01.